The summed E-state index contributed by atoms with van der Waals surface area (Å²) in [4.78, 5) is 15.2. The number of hydrogen-bond acceptors (Lipinski definition) is 4. The Morgan fingerprint density at radius 3 is 2.32 bits per heavy atom. The van der Waals surface area contributed by atoms with E-state index in [1.54, 1.807) is 18.2 Å². The van der Waals surface area contributed by atoms with Crippen LogP contribution in [0, 0.1) is 5.92 Å². The monoisotopic (exact) mass is 523 g/mol. The number of rotatable bonds is 8. The predicted octanol–water partition coefficient (Wildman–Crippen LogP) is 4.45. The van der Waals surface area contributed by atoms with Crippen LogP contribution in [0.4, 0.5) is 0 Å². The molecule has 2 aromatic rings. The van der Waals surface area contributed by atoms with Crippen LogP contribution in [-0.4, -0.2) is 49.7 Å². The Labute approximate surface area is 212 Å². The minimum absolute atomic E-state index is 0.00789. The van der Waals surface area contributed by atoms with Crippen molar-refractivity contribution in [1.29, 1.82) is 0 Å². The van der Waals surface area contributed by atoms with Crippen LogP contribution in [0.25, 0.3) is 0 Å². The van der Waals surface area contributed by atoms with Gasteiger partial charge in [0, 0.05) is 32.1 Å². The lowest BCUT2D eigenvalue weighted by Gasteiger charge is -2.30. The van der Waals surface area contributed by atoms with E-state index in [1.165, 1.54) is 22.7 Å². The number of carbonyl (C=O) groups is 1. The Bertz CT molecular complexity index is 1110. The van der Waals surface area contributed by atoms with Gasteiger partial charge in [-0.15, -0.1) is 0 Å². The SMILES string of the molecule is O=C(NCc1cccc(CN2CCCC2)c1)C1CCN(S(=O)(=O)Cc2ccc(Cl)c(Cl)c2)CC1. The second-order valence-electron chi connectivity index (χ2n) is 9.20. The number of amides is 1. The Balaban J connectivity index is 1.25. The smallest absolute Gasteiger partial charge is 0.223 e. The second-order valence-corrected chi connectivity index (χ2v) is 12.0. The van der Waals surface area contributed by atoms with E-state index >= 15 is 0 Å². The molecule has 2 aliphatic rings. The summed E-state index contributed by atoms with van der Waals surface area (Å²) < 4.78 is 27.2. The average molecular weight is 525 g/mol. The highest BCUT2D eigenvalue weighted by atomic mass is 35.5. The van der Waals surface area contributed by atoms with E-state index in [4.69, 9.17) is 23.2 Å². The van der Waals surface area contributed by atoms with Crippen molar-refractivity contribution in [3.05, 3.63) is 69.2 Å². The molecular formula is C25H31Cl2N3O3S. The zero-order valence-corrected chi connectivity index (χ0v) is 21.5. The van der Waals surface area contributed by atoms with Crippen molar-refractivity contribution in [2.24, 2.45) is 5.92 Å². The van der Waals surface area contributed by atoms with Crippen LogP contribution in [0.5, 0.6) is 0 Å². The normalized spacial score (nSPS) is 18.3. The molecule has 0 atom stereocenters. The minimum atomic E-state index is -3.49. The number of halogens is 2. The standard InChI is InChI=1S/C25H31Cl2N3O3S/c26-23-7-6-21(15-24(23)27)18-34(32,33)30-12-8-22(9-13-30)25(31)28-16-19-4-3-5-20(14-19)17-29-10-1-2-11-29/h3-7,14-15,22H,1-2,8-13,16-18H2,(H,28,31). The van der Waals surface area contributed by atoms with Gasteiger partial charge in [-0.25, -0.2) is 12.7 Å². The fourth-order valence-electron chi connectivity index (χ4n) is 4.70. The number of nitrogens with one attached hydrogen (secondary N) is 1. The largest absolute Gasteiger partial charge is 0.352 e. The van der Waals surface area contributed by atoms with E-state index in [2.05, 4.69) is 22.3 Å². The maximum absolute atomic E-state index is 12.8. The number of hydrogen-bond donors (Lipinski definition) is 1. The van der Waals surface area contributed by atoms with Gasteiger partial charge in [-0.2, -0.15) is 0 Å². The van der Waals surface area contributed by atoms with Crippen molar-refractivity contribution < 1.29 is 13.2 Å². The lowest BCUT2D eigenvalue weighted by atomic mass is 9.97. The van der Waals surface area contributed by atoms with Crippen molar-refractivity contribution in [2.75, 3.05) is 26.2 Å². The molecule has 2 fully saturated rings. The van der Waals surface area contributed by atoms with Gasteiger partial charge >= 0.3 is 0 Å². The van der Waals surface area contributed by atoms with Crippen LogP contribution in [0.1, 0.15) is 42.4 Å². The highest BCUT2D eigenvalue weighted by Crippen LogP contribution is 2.26. The third kappa shape index (κ3) is 6.73. The summed E-state index contributed by atoms with van der Waals surface area (Å²) in [5.41, 5.74) is 2.96. The van der Waals surface area contributed by atoms with Gasteiger partial charge in [0.15, 0.2) is 0 Å². The molecule has 34 heavy (non-hydrogen) atoms. The molecule has 0 aromatic heterocycles. The van der Waals surface area contributed by atoms with Gasteiger partial charge in [0.25, 0.3) is 0 Å². The van der Waals surface area contributed by atoms with Crippen LogP contribution < -0.4 is 5.32 Å². The van der Waals surface area contributed by atoms with Crippen LogP contribution in [0.3, 0.4) is 0 Å². The molecule has 2 aliphatic heterocycles. The maximum atomic E-state index is 12.8. The summed E-state index contributed by atoms with van der Waals surface area (Å²) in [6, 6.07) is 13.2. The van der Waals surface area contributed by atoms with Crippen molar-refractivity contribution in [3.8, 4) is 0 Å². The molecule has 2 heterocycles. The van der Waals surface area contributed by atoms with Crippen molar-refractivity contribution >= 4 is 39.1 Å². The quantitative estimate of drug-likeness (QED) is 0.554. The molecule has 1 N–H and O–H groups in total. The summed E-state index contributed by atoms with van der Waals surface area (Å²) in [5, 5.41) is 3.78. The number of piperidine rings is 1. The third-order valence-corrected chi connectivity index (χ3v) is 9.20. The molecule has 0 unspecified atom stereocenters. The average Bonchev–Trinajstić information content (AvgIpc) is 3.33. The van der Waals surface area contributed by atoms with E-state index in [9.17, 15) is 13.2 Å². The molecule has 2 saturated heterocycles. The van der Waals surface area contributed by atoms with E-state index < -0.39 is 10.0 Å². The van der Waals surface area contributed by atoms with Gasteiger partial charge < -0.3 is 5.32 Å². The molecular weight excluding hydrogens is 493 g/mol. The van der Waals surface area contributed by atoms with E-state index in [-0.39, 0.29) is 17.6 Å². The number of nitrogens with zero attached hydrogens (tertiary/aromatic N) is 2. The summed E-state index contributed by atoms with van der Waals surface area (Å²) in [5.74, 6) is -0.315. The third-order valence-electron chi connectivity index (χ3n) is 6.61. The molecule has 0 radical (unpaired) electrons. The number of benzene rings is 2. The zero-order chi connectivity index (χ0) is 24.1. The van der Waals surface area contributed by atoms with E-state index in [0.29, 0.717) is 48.1 Å². The summed E-state index contributed by atoms with van der Waals surface area (Å²) in [6.45, 7) is 4.44. The zero-order valence-electron chi connectivity index (χ0n) is 19.2. The summed E-state index contributed by atoms with van der Waals surface area (Å²) >= 11 is 11.9. The van der Waals surface area contributed by atoms with Crippen molar-refractivity contribution in [2.45, 2.75) is 44.5 Å². The molecule has 184 valence electrons. The van der Waals surface area contributed by atoms with Gasteiger partial charge in [-0.1, -0.05) is 53.5 Å². The Morgan fingerprint density at radius 1 is 0.912 bits per heavy atom. The van der Waals surface area contributed by atoms with Gasteiger partial charge in [-0.3, -0.25) is 9.69 Å². The molecule has 2 aromatic carbocycles. The molecule has 1 amide bonds. The molecule has 6 nitrogen and oxygen atoms in total. The first-order valence-corrected chi connectivity index (χ1v) is 14.2. The Morgan fingerprint density at radius 2 is 1.62 bits per heavy atom. The first-order valence-electron chi connectivity index (χ1n) is 11.8. The van der Waals surface area contributed by atoms with Crippen molar-refractivity contribution in [3.63, 3.8) is 0 Å². The topological polar surface area (TPSA) is 69.7 Å². The lowest BCUT2D eigenvalue weighted by molar-refractivity contribution is -0.126. The second kappa shape index (κ2) is 11.4. The van der Waals surface area contributed by atoms with Crippen molar-refractivity contribution in [1.82, 2.24) is 14.5 Å². The lowest BCUT2D eigenvalue weighted by Crippen LogP contribution is -2.43. The van der Waals surface area contributed by atoms with Crippen LogP contribution >= 0.6 is 23.2 Å². The summed E-state index contributed by atoms with van der Waals surface area (Å²) in [7, 11) is -3.49. The van der Waals surface area contributed by atoms with Gasteiger partial charge in [-0.05, 0) is 67.6 Å². The van der Waals surface area contributed by atoms with Gasteiger partial charge in [0.1, 0.15) is 0 Å². The van der Waals surface area contributed by atoms with Crippen LogP contribution in [0.2, 0.25) is 10.0 Å². The molecule has 0 saturated carbocycles. The molecule has 9 heteroatoms. The van der Waals surface area contributed by atoms with Gasteiger partial charge in [0.05, 0.1) is 15.8 Å². The van der Waals surface area contributed by atoms with Gasteiger partial charge in [0.2, 0.25) is 15.9 Å². The Hall–Kier alpha value is -1.64. The van der Waals surface area contributed by atoms with E-state index in [0.717, 1.165) is 25.2 Å². The minimum Gasteiger partial charge on any atom is -0.352 e. The highest BCUT2D eigenvalue weighted by molar-refractivity contribution is 7.88. The molecule has 0 bridgehead atoms. The van der Waals surface area contributed by atoms with E-state index in [1.807, 2.05) is 12.1 Å². The maximum Gasteiger partial charge on any atom is 0.223 e. The number of sulfonamides is 1. The Kier molecular flexibility index (Phi) is 8.53. The first kappa shape index (κ1) is 25.5. The molecule has 4 rings (SSSR count). The highest BCUT2D eigenvalue weighted by Gasteiger charge is 2.31. The fourth-order valence-corrected chi connectivity index (χ4v) is 6.57. The molecule has 0 aliphatic carbocycles. The summed E-state index contributed by atoms with van der Waals surface area (Å²) in [6.07, 6.45) is 3.57. The molecule has 0 spiro atoms. The van der Waals surface area contributed by atoms with Crippen LogP contribution in [-0.2, 0) is 33.7 Å². The first-order chi connectivity index (χ1) is 16.3. The number of likely N-dealkylation sites (tertiary alicyclic amines) is 1. The fraction of sp³-hybridized carbons (Fsp3) is 0.480. The van der Waals surface area contributed by atoms with Crippen LogP contribution in [0.15, 0.2) is 42.5 Å². The number of carbonyl (C=O) groups excluding carboxylic acids is 1. The predicted molar refractivity (Wildman–Crippen MR) is 136 cm³/mol.